The van der Waals surface area contributed by atoms with Crippen LogP contribution in [-0.4, -0.2) is 14.7 Å². The predicted octanol–water partition coefficient (Wildman–Crippen LogP) is 5.30. The first-order chi connectivity index (χ1) is 9.97. The van der Waals surface area contributed by atoms with Gasteiger partial charge in [-0.15, -0.1) is 0 Å². The van der Waals surface area contributed by atoms with Crippen molar-refractivity contribution >= 4 is 34.2 Å². The Labute approximate surface area is 132 Å². The Hall–Kier alpha value is -1.71. The minimum atomic E-state index is 0.162. The molecule has 3 nitrogen and oxygen atoms in total. The van der Waals surface area contributed by atoms with Crippen LogP contribution < -0.4 is 0 Å². The normalized spacial score (nSPS) is 11.5. The van der Waals surface area contributed by atoms with Gasteiger partial charge in [0.15, 0.2) is 0 Å². The molecule has 0 saturated carbocycles. The van der Waals surface area contributed by atoms with Crippen molar-refractivity contribution in [3.8, 4) is 17.1 Å². The molecule has 3 aromatic rings. The largest absolute Gasteiger partial charge is 0.508 e. The smallest absolute Gasteiger partial charge is 0.143 e. The van der Waals surface area contributed by atoms with Crippen molar-refractivity contribution in [3.05, 3.63) is 46.4 Å². The highest BCUT2D eigenvalue weighted by molar-refractivity contribution is 6.33. The fourth-order valence-electron chi connectivity index (χ4n) is 2.46. The third-order valence-electron chi connectivity index (χ3n) is 3.36. The number of nitrogens with zero attached hydrogens (tertiary/aromatic N) is 2. The first kappa shape index (κ1) is 14.2. The van der Waals surface area contributed by atoms with Crippen LogP contribution >= 0.6 is 23.2 Å². The summed E-state index contributed by atoms with van der Waals surface area (Å²) in [5.41, 5.74) is 2.51. The van der Waals surface area contributed by atoms with Crippen molar-refractivity contribution in [2.24, 2.45) is 0 Å². The molecule has 0 fully saturated rings. The predicted molar refractivity (Wildman–Crippen MR) is 87.2 cm³/mol. The molecule has 108 valence electrons. The van der Waals surface area contributed by atoms with Crippen LogP contribution in [0.2, 0.25) is 10.0 Å². The van der Waals surface area contributed by atoms with Gasteiger partial charge in [-0.1, -0.05) is 23.2 Å². The number of halogens is 2. The second kappa shape index (κ2) is 5.24. The number of aromatic hydroxyl groups is 1. The second-order valence-corrected chi connectivity index (χ2v) is 6.04. The lowest BCUT2D eigenvalue weighted by Gasteiger charge is -2.14. The van der Waals surface area contributed by atoms with E-state index in [0.29, 0.717) is 15.6 Å². The number of imidazole rings is 1. The monoisotopic (exact) mass is 320 g/mol. The first-order valence-electron chi connectivity index (χ1n) is 6.63. The molecule has 1 N–H and O–H groups in total. The lowest BCUT2D eigenvalue weighted by Crippen LogP contribution is -2.03. The van der Waals surface area contributed by atoms with Crippen molar-refractivity contribution in [1.29, 1.82) is 0 Å². The summed E-state index contributed by atoms with van der Waals surface area (Å²) >= 11 is 12.4. The number of rotatable bonds is 2. The number of benzene rings is 2. The van der Waals surface area contributed by atoms with E-state index in [0.717, 1.165) is 16.9 Å². The summed E-state index contributed by atoms with van der Waals surface area (Å²) in [6, 6.07) is 10.6. The van der Waals surface area contributed by atoms with E-state index in [1.165, 1.54) is 0 Å². The van der Waals surface area contributed by atoms with E-state index in [1.54, 1.807) is 18.2 Å². The van der Waals surface area contributed by atoms with Crippen LogP contribution in [0.5, 0.6) is 5.75 Å². The zero-order chi connectivity index (χ0) is 15.1. The van der Waals surface area contributed by atoms with Crippen LogP contribution in [0.1, 0.15) is 19.9 Å². The highest BCUT2D eigenvalue weighted by Crippen LogP contribution is 2.35. The molecule has 0 spiro atoms. The summed E-state index contributed by atoms with van der Waals surface area (Å²) in [7, 11) is 0. The van der Waals surface area contributed by atoms with Crippen molar-refractivity contribution in [2.45, 2.75) is 19.9 Å². The van der Waals surface area contributed by atoms with Gasteiger partial charge in [0.05, 0.1) is 16.1 Å². The molecule has 21 heavy (non-hydrogen) atoms. The second-order valence-electron chi connectivity index (χ2n) is 5.20. The van der Waals surface area contributed by atoms with Crippen LogP contribution in [-0.2, 0) is 0 Å². The molecule has 0 atom stereocenters. The summed E-state index contributed by atoms with van der Waals surface area (Å²) in [5.74, 6) is 0.887. The Bertz CT molecular complexity index is 825. The SMILES string of the molecule is CC(C)n1c(-c2cc(O)ccc2Cl)nc2ccc(Cl)cc21. The highest BCUT2D eigenvalue weighted by atomic mass is 35.5. The van der Waals surface area contributed by atoms with Gasteiger partial charge in [0.25, 0.3) is 0 Å². The van der Waals surface area contributed by atoms with Crippen LogP contribution in [0, 0.1) is 0 Å². The van der Waals surface area contributed by atoms with E-state index in [9.17, 15) is 5.11 Å². The van der Waals surface area contributed by atoms with Crippen molar-refractivity contribution < 1.29 is 5.11 Å². The van der Waals surface area contributed by atoms with Gasteiger partial charge in [-0.05, 0) is 50.2 Å². The van der Waals surface area contributed by atoms with Gasteiger partial charge in [-0.2, -0.15) is 0 Å². The number of fused-ring (bicyclic) bond motifs is 1. The van der Waals surface area contributed by atoms with Gasteiger partial charge in [0.1, 0.15) is 11.6 Å². The Morgan fingerprint density at radius 2 is 1.86 bits per heavy atom. The molecule has 0 unspecified atom stereocenters. The van der Waals surface area contributed by atoms with Crippen LogP contribution in [0.3, 0.4) is 0 Å². The lowest BCUT2D eigenvalue weighted by molar-refractivity contribution is 0.475. The lowest BCUT2D eigenvalue weighted by atomic mass is 10.2. The van der Waals surface area contributed by atoms with Crippen molar-refractivity contribution in [2.75, 3.05) is 0 Å². The molecule has 0 bridgehead atoms. The van der Waals surface area contributed by atoms with Crippen LogP contribution in [0.4, 0.5) is 0 Å². The van der Waals surface area contributed by atoms with Gasteiger partial charge in [0, 0.05) is 16.6 Å². The number of hydrogen-bond acceptors (Lipinski definition) is 2. The topological polar surface area (TPSA) is 38.0 Å². The summed E-state index contributed by atoms with van der Waals surface area (Å²) in [4.78, 5) is 4.66. The molecule has 0 amide bonds. The quantitative estimate of drug-likeness (QED) is 0.696. The first-order valence-corrected chi connectivity index (χ1v) is 7.39. The van der Waals surface area contributed by atoms with Gasteiger partial charge in [-0.25, -0.2) is 4.98 Å². The van der Waals surface area contributed by atoms with E-state index in [1.807, 2.05) is 18.2 Å². The third kappa shape index (κ3) is 2.47. The van der Waals surface area contributed by atoms with Gasteiger partial charge >= 0.3 is 0 Å². The van der Waals surface area contributed by atoms with Gasteiger partial charge in [-0.3, -0.25) is 0 Å². The van der Waals surface area contributed by atoms with Gasteiger partial charge < -0.3 is 9.67 Å². The molecular weight excluding hydrogens is 307 g/mol. The zero-order valence-electron chi connectivity index (χ0n) is 11.6. The minimum Gasteiger partial charge on any atom is -0.508 e. The fraction of sp³-hybridized carbons (Fsp3) is 0.188. The standard InChI is InChI=1S/C16H14Cl2N2O/c1-9(2)20-15-7-10(17)3-6-14(15)19-16(20)12-8-11(21)4-5-13(12)18/h3-9,21H,1-2H3. The Kier molecular flexibility index (Phi) is 3.56. The van der Waals surface area contributed by atoms with E-state index in [4.69, 9.17) is 23.2 Å². The van der Waals surface area contributed by atoms with Crippen LogP contribution in [0.15, 0.2) is 36.4 Å². The summed E-state index contributed by atoms with van der Waals surface area (Å²) in [6.07, 6.45) is 0. The molecule has 0 saturated heterocycles. The summed E-state index contributed by atoms with van der Waals surface area (Å²) in [5, 5.41) is 10.9. The molecular formula is C16H14Cl2N2O. The Balaban J connectivity index is 2.36. The molecule has 0 aliphatic heterocycles. The molecule has 0 aliphatic carbocycles. The maximum atomic E-state index is 9.73. The number of aromatic nitrogens is 2. The number of phenolic OH excluding ortho intramolecular Hbond substituents is 1. The van der Waals surface area contributed by atoms with E-state index in [2.05, 4.69) is 23.4 Å². The molecule has 0 aliphatic rings. The molecule has 2 aromatic carbocycles. The summed E-state index contributed by atoms with van der Waals surface area (Å²) < 4.78 is 2.07. The minimum absolute atomic E-state index is 0.162. The average Bonchev–Trinajstić information content (AvgIpc) is 2.79. The Morgan fingerprint density at radius 1 is 1.10 bits per heavy atom. The highest BCUT2D eigenvalue weighted by Gasteiger charge is 2.17. The molecule has 5 heteroatoms. The number of hydrogen-bond donors (Lipinski definition) is 1. The van der Waals surface area contributed by atoms with E-state index in [-0.39, 0.29) is 11.8 Å². The fourth-order valence-corrected chi connectivity index (χ4v) is 2.83. The zero-order valence-corrected chi connectivity index (χ0v) is 13.2. The molecule has 1 aromatic heterocycles. The average molecular weight is 321 g/mol. The summed E-state index contributed by atoms with van der Waals surface area (Å²) in [6.45, 7) is 4.14. The van der Waals surface area contributed by atoms with E-state index < -0.39 is 0 Å². The molecule has 3 rings (SSSR count). The maximum absolute atomic E-state index is 9.73. The molecule has 1 heterocycles. The Morgan fingerprint density at radius 3 is 2.57 bits per heavy atom. The van der Waals surface area contributed by atoms with Gasteiger partial charge in [0.2, 0.25) is 0 Å². The molecule has 0 radical (unpaired) electrons. The van der Waals surface area contributed by atoms with Crippen LogP contribution in [0.25, 0.3) is 22.4 Å². The third-order valence-corrected chi connectivity index (χ3v) is 3.92. The van der Waals surface area contributed by atoms with Crippen molar-refractivity contribution in [3.63, 3.8) is 0 Å². The maximum Gasteiger partial charge on any atom is 0.143 e. The van der Waals surface area contributed by atoms with Crippen molar-refractivity contribution in [1.82, 2.24) is 9.55 Å². The van der Waals surface area contributed by atoms with E-state index >= 15 is 0 Å². The number of phenols is 1.